The van der Waals surface area contributed by atoms with Gasteiger partial charge in [0.15, 0.2) is 0 Å². The van der Waals surface area contributed by atoms with Crippen molar-refractivity contribution < 1.29 is 14.3 Å². The minimum absolute atomic E-state index is 0.00473. The lowest BCUT2D eigenvalue weighted by atomic mass is 9.98. The zero-order chi connectivity index (χ0) is 17.6. The summed E-state index contributed by atoms with van der Waals surface area (Å²) in [7, 11) is 1.57. The van der Waals surface area contributed by atoms with Crippen LogP contribution in [0, 0.1) is 11.8 Å². The molecule has 25 heavy (non-hydrogen) atoms. The summed E-state index contributed by atoms with van der Waals surface area (Å²) in [5.41, 5.74) is 7.40. The largest absolute Gasteiger partial charge is 0.495 e. The monoisotopic (exact) mass is 344 g/mol. The van der Waals surface area contributed by atoms with Crippen LogP contribution in [-0.4, -0.2) is 56.2 Å². The van der Waals surface area contributed by atoms with Gasteiger partial charge in [0.25, 0.3) is 5.91 Å². The van der Waals surface area contributed by atoms with Gasteiger partial charge in [0.1, 0.15) is 5.75 Å². The summed E-state index contributed by atoms with van der Waals surface area (Å²) in [5, 5.41) is 2.78. The third kappa shape index (κ3) is 2.72. The van der Waals surface area contributed by atoms with Crippen LogP contribution in [0.15, 0.2) is 18.2 Å². The SMILES string of the molecule is COc1ccc(C(=O)N2CC3CCC(N)C3C2)cc1N1CCNC1=O. The Bertz CT molecular complexity index is 708. The van der Waals surface area contributed by atoms with Crippen molar-refractivity contribution in [3.05, 3.63) is 23.8 Å². The first-order valence-electron chi connectivity index (χ1n) is 8.86. The Labute approximate surface area is 147 Å². The van der Waals surface area contributed by atoms with Crippen molar-refractivity contribution in [3.63, 3.8) is 0 Å². The van der Waals surface area contributed by atoms with Gasteiger partial charge in [-0.25, -0.2) is 4.79 Å². The lowest BCUT2D eigenvalue weighted by Crippen LogP contribution is -2.33. The molecule has 134 valence electrons. The number of nitrogens with one attached hydrogen (secondary N) is 1. The van der Waals surface area contributed by atoms with Crippen molar-refractivity contribution in [3.8, 4) is 5.75 Å². The zero-order valence-corrected chi connectivity index (χ0v) is 14.4. The highest BCUT2D eigenvalue weighted by Gasteiger charge is 2.42. The number of nitrogens with two attached hydrogens (primary N) is 1. The van der Waals surface area contributed by atoms with Crippen LogP contribution >= 0.6 is 0 Å². The number of amides is 3. The van der Waals surface area contributed by atoms with Gasteiger partial charge in [-0.15, -0.1) is 0 Å². The normalized spacial score (nSPS) is 28.2. The lowest BCUT2D eigenvalue weighted by molar-refractivity contribution is 0.0779. The Hall–Kier alpha value is -2.28. The van der Waals surface area contributed by atoms with Crippen molar-refractivity contribution in [2.45, 2.75) is 18.9 Å². The highest BCUT2D eigenvalue weighted by atomic mass is 16.5. The Morgan fingerprint density at radius 3 is 2.84 bits per heavy atom. The smallest absolute Gasteiger partial charge is 0.322 e. The second-order valence-electron chi connectivity index (χ2n) is 7.15. The predicted octanol–water partition coefficient (Wildman–Crippen LogP) is 1.03. The van der Waals surface area contributed by atoms with E-state index in [-0.39, 0.29) is 18.0 Å². The van der Waals surface area contributed by atoms with E-state index < -0.39 is 0 Å². The molecular formula is C18H24N4O3. The Morgan fingerprint density at radius 1 is 1.32 bits per heavy atom. The summed E-state index contributed by atoms with van der Waals surface area (Å²) in [6.45, 7) is 2.67. The molecule has 3 amide bonds. The Balaban J connectivity index is 1.58. The number of hydrogen-bond donors (Lipinski definition) is 2. The van der Waals surface area contributed by atoms with Crippen molar-refractivity contribution in [2.24, 2.45) is 17.6 Å². The Morgan fingerprint density at radius 2 is 2.16 bits per heavy atom. The molecule has 1 aromatic rings. The molecule has 3 unspecified atom stereocenters. The van der Waals surface area contributed by atoms with E-state index >= 15 is 0 Å². The van der Waals surface area contributed by atoms with Crippen LogP contribution in [0.2, 0.25) is 0 Å². The van der Waals surface area contributed by atoms with Gasteiger partial charge in [-0.2, -0.15) is 0 Å². The van der Waals surface area contributed by atoms with Crippen LogP contribution < -0.4 is 20.7 Å². The number of anilines is 1. The number of methoxy groups -OCH3 is 1. The third-order valence-electron chi connectivity index (χ3n) is 5.77. The van der Waals surface area contributed by atoms with Gasteiger partial charge >= 0.3 is 6.03 Å². The molecule has 2 heterocycles. The topological polar surface area (TPSA) is 87.9 Å². The highest BCUT2D eigenvalue weighted by Crippen LogP contribution is 2.38. The molecule has 3 N–H and O–H groups in total. The molecule has 0 spiro atoms. The lowest BCUT2D eigenvalue weighted by Gasteiger charge is -2.22. The van der Waals surface area contributed by atoms with Gasteiger partial charge in [-0.3, -0.25) is 9.69 Å². The van der Waals surface area contributed by atoms with Crippen LogP contribution in [0.25, 0.3) is 0 Å². The van der Waals surface area contributed by atoms with E-state index in [4.69, 9.17) is 10.5 Å². The molecule has 1 saturated carbocycles. The van der Waals surface area contributed by atoms with E-state index in [2.05, 4.69) is 5.32 Å². The van der Waals surface area contributed by atoms with E-state index in [9.17, 15) is 9.59 Å². The van der Waals surface area contributed by atoms with Gasteiger partial charge in [0.05, 0.1) is 12.8 Å². The van der Waals surface area contributed by atoms with Gasteiger partial charge in [0.2, 0.25) is 0 Å². The van der Waals surface area contributed by atoms with Gasteiger partial charge in [-0.05, 0) is 42.9 Å². The quantitative estimate of drug-likeness (QED) is 0.857. The summed E-state index contributed by atoms with van der Waals surface area (Å²) in [6.07, 6.45) is 2.17. The van der Waals surface area contributed by atoms with Crippen LogP contribution in [0.3, 0.4) is 0 Å². The standard InChI is InChI=1S/C18H24N4O3/c1-25-16-5-3-11(8-15(16)22-7-6-20-18(22)24)17(23)21-9-12-2-4-14(19)13(12)10-21/h3,5,8,12-14H,2,4,6-7,9-10,19H2,1H3,(H,20,24). The van der Waals surface area contributed by atoms with Crippen LogP contribution in [0.5, 0.6) is 5.75 Å². The molecule has 0 bridgehead atoms. The molecule has 0 radical (unpaired) electrons. The maximum atomic E-state index is 13.0. The fourth-order valence-electron chi connectivity index (χ4n) is 4.39. The summed E-state index contributed by atoms with van der Waals surface area (Å²) in [4.78, 5) is 28.5. The van der Waals surface area contributed by atoms with E-state index in [1.165, 1.54) is 0 Å². The molecule has 0 aromatic heterocycles. The molecule has 3 fully saturated rings. The minimum atomic E-state index is -0.162. The van der Waals surface area contributed by atoms with Crippen molar-refractivity contribution in [1.82, 2.24) is 10.2 Å². The summed E-state index contributed by atoms with van der Waals surface area (Å²) in [6, 6.07) is 5.34. The van der Waals surface area contributed by atoms with E-state index in [1.807, 2.05) is 4.90 Å². The van der Waals surface area contributed by atoms with Crippen LogP contribution in [-0.2, 0) is 0 Å². The maximum Gasteiger partial charge on any atom is 0.322 e. The number of nitrogens with zero attached hydrogens (tertiary/aromatic N) is 2. The molecule has 3 atom stereocenters. The van der Waals surface area contributed by atoms with Crippen LogP contribution in [0.4, 0.5) is 10.5 Å². The molecule has 2 aliphatic heterocycles. The summed E-state index contributed by atoms with van der Waals surface area (Å²) < 4.78 is 5.38. The summed E-state index contributed by atoms with van der Waals surface area (Å²) in [5.74, 6) is 1.55. The number of carbonyl (C=O) groups excluding carboxylic acids is 2. The molecule has 7 heteroatoms. The number of hydrogen-bond acceptors (Lipinski definition) is 4. The fourth-order valence-corrected chi connectivity index (χ4v) is 4.39. The number of likely N-dealkylation sites (tertiary alicyclic amines) is 1. The van der Waals surface area contributed by atoms with E-state index in [0.29, 0.717) is 41.9 Å². The van der Waals surface area contributed by atoms with Crippen LogP contribution in [0.1, 0.15) is 23.2 Å². The highest BCUT2D eigenvalue weighted by molar-refractivity contribution is 6.00. The average Bonchev–Trinajstić information content (AvgIpc) is 3.31. The predicted molar refractivity (Wildman–Crippen MR) is 93.8 cm³/mol. The first-order chi connectivity index (χ1) is 12.1. The number of urea groups is 1. The molecular weight excluding hydrogens is 320 g/mol. The maximum absolute atomic E-state index is 13.0. The number of rotatable bonds is 3. The first-order valence-corrected chi connectivity index (χ1v) is 8.86. The number of carbonyl (C=O) groups is 2. The van der Waals surface area contributed by atoms with Crippen molar-refractivity contribution in [1.29, 1.82) is 0 Å². The second kappa shape index (κ2) is 6.22. The fraction of sp³-hybridized carbons (Fsp3) is 0.556. The molecule has 1 aromatic carbocycles. The van der Waals surface area contributed by atoms with E-state index in [1.54, 1.807) is 30.2 Å². The Kier molecular flexibility index (Phi) is 4.03. The number of ether oxygens (including phenoxy) is 1. The van der Waals surface area contributed by atoms with Crippen molar-refractivity contribution in [2.75, 3.05) is 38.2 Å². The third-order valence-corrected chi connectivity index (χ3v) is 5.77. The van der Waals surface area contributed by atoms with Gasteiger partial charge in [-0.1, -0.05) is 0 Å². The average molecular weight is 344 g/mol. The molecule has 4 rings (SSSR count). The van der Waals surface area contributed by atoms with Crippen molar-refractivity contribution >= 4 is 17.6 Å². The molecule has 1 aliphatic carbocycles. The molecule has 3 aliphatic rings. The second-order valence-corrected chi connectivity index (χ2v) is 7.15. The van der Waals surface area contributed by atoms with Gasteiger partial charge < -0.3 is 20.7 Å². The van der Waals surface area contributed by atoms with E-state index in [0.717, 1.165) is 25.9 Å². The van der Waals surface area contributed by atoms with Gasteiger partial charge in [0, 0.05) is 37.8 Å². The first kappa shape index (κ1) is 16.2. The molecule has 7 nitrogen and oxygen atoms in total. The number of fused-ring (bicyclic) bond motifs is 1. The molecule has 2 saturated heterocycles. The zero-order valence-electron chi connectivity index (χ0n) is 14.4. The summed E-state index contributed by atoms with van der Waals surface area (Å²) >= 11 is 0. The minimum Gasteiger partial charge on any atom is -0.495 e. The number of benzene rings is 1.